The lowest BCUT2D eigenvalue weighted by Crippen LogP contribution is -2.26. The van der Waals surface area contributed by atoms with Crippen LogP contribution in [0.1, 0.15) is 53.7 Å². The Morgan fingerprint density at radius 3 is 2.96 bits per heavy atom. The van der Waals surface area contributed by atoms with Crippen molar-refractivity contribution in [3.63, 3.8) is 0 Å². The molecule has 5 heteroatoms. The maximum atomic E-state index is 11.1. The van der Waals surface area contributed by atoms with Gasteiger partial charge < -0.3 is 15.2 Å². The molecule has 0 atom stereocenters. The molecule has 1 aliphatic carbocycles. The van der Waals surface area contributed by atoms with Crippen LogP contribution in [-0.2, 0) is 17.8 Å². The minimum atomic E-state index is -0.812. The van der Waals surface area contributed by atoms with E-state index in [1.807, 2.05) is 18.2 Å². The molecule has 1 fully saturated rings. The molecule has 1 saturated carbocycles. The zero-order chi connectivity index (χ0) is 18.6. The molecule has 142 valence electrons. The number of carboxylic acids is 1. The third kappa shape index (κ3) is 4.25. The van der Waals surface area contributed by atoms with Gasteiger partial charge in [-0.2, -0.15) is 0 Å². The van der Waals surface area contributed by atoms with Crippen molar-refractivity contribution in [1.29, 1.82) is 0 Å². The molecule has 2 N–H and O–H groups in total. The highest BCUT2D eigenvalue weighted by atomic mass is 32.1. The summed E-state index contributed by atoms with van der Waals surface area (Å²) >= 11 is 1.73. The van der Waals surface area contributed by atoms with E-state index in [2.05, 4.69) is 22.8 Å². The predicted molar refractivity (Wildman–Crippen MR) is 108 cm³/mol. The molecule has 0 unspecified atom stereocenters. The summed E-state index contributed by atoms with van der Waals surface area (Å²) in [5.74, 6) is 0.0233. The molecule has 4 nitrogen and oxygen atoms in total. The number of hydrogen-bond acceptors (Lipinski definition) is 4. The van der Waals surface area contributed by atoms with Crippen LogP contribution in [0.25, 0.3) is 5.57 Å². The molecule has 1 aliphatic heterocycles. The first-order valence-electron chi connectivity index (χ1n) is 9.69. The van der Waals surface area contributed by atoms with E-state index in [0.717, 1.165) is 29.8 Å². The topological polar surface area (TPSA) is 58.6 Å². The number of benzene rings is 1. The first-order valence-corrected chi connectivity index (χ1v) is 10.6. The van der Waals surface area contributed by atoms with Gasteiger partial charge in [-0.25, -0.2) is 0 Å². The van der Waals surface area contributed by atoms with E-state index in [1.54, 1.807) is 11.3 Å². The maximum Gasteiger partial charge on any atom is 0.307 e. The van der Waals surface area contributed by atoms with Crippen LogP contribution in [0.3, 0.4) is 0 Å². The number of fused-ring (bicyclic) bond motifs is 2. The monoisotopic (exact) mass is 383 g/mol. The van der Waals surface area contributed by atoms with Gasteiger partial charge in [-0.3, -0.25) is 4.79 Å². The number of nitrogens with one attached hydrogen (secondary N) is 1. The Morgan fingerprint density at radius 1 is 1.30 bits per heavy atom. The van der Waals surface area contributed by atoms with Gasteiger partial charge in [-0.15, -0.1) is 11.3 Å². The van der Waals surface area contributed by atoms with Crippen LogP contribution in [0.4, 0.5) is 0 Å². The first-order chi connectivity index (χ1) is 13.2. The average Bonchev–Trinajstić information content (AvgIpc) is 3.30. The van der Waals surface area contributed by atoms with Crippen molar-refractivity contribution in [2.24, 2.45) is 0 Å². The minimum absolute atomic E-state index is 0.0289. The zero-order valence-corrected chi connectivity index (χ0v) is 16.2. The summed E-state index contributed by atoms with van der Waals surface area (Å²) in [6.45, 7) is 1.53. The van der Waals surface area contributed by atoms with Crippen LogP contribution in [0.15, 0.2) is 35.7 Å². The van der Waals surface area contributed by atoms with Crippen LogP contribution < -0.4 is 10.1 Å². The highest BCUT2D eigenvalue weighted by Gasteiger charge is 2.21. The molecule has 2 aliphatic rings. The van der Waals surface area contributed by atoms with Crippen molar-refractivity contribution < 1.29 is 14.6 Å². The van der Waals surface area contributed by atoms with Gasteiger partial charge in [0.1, 0.15) is 12.4 Å². The second-order valence-electron chi connectivity index (χ2n) is 7.31. The highest BCUT2D eigenvalue weighted by molar-refractivity contribution is 7.11. The van der Waals surface area contributed by atoms with Crippen LogP contribution >= 0.6 is 11.3 Å². The van der Waals surface area contributed by atoms with E-state index < -0.39 is 5.97 Å². The van der Waals surface area contributed by atoms with E-state index in [1.165, 1.54) is 41.7 Å². The molecule has 0 spiro atoms. The largest absolute Gasteiger partial charge is 0.488 e. The number of ether oxygens (including phenoxy) is 1. The molecule has 27 heavy (non-hydrogen) atoms. The minimum Gasteiger partial charge on any atom is -0.488 e. The fraction of sp³-hybridized carbons (Fsp3) is 0.409. The molecule has 1 aromatic heterocycles. The van der Waals surface area contributed by atoms with Crippen molar-refractivity contribution in [1.82, 2.24) is 5.32 Å². The number of thiophene rings is 1. The second kappa shape index (κ2) is 8.28. The number of rotatable bonds is 6. The number of carbonyl (C=O) groups is 1. The first kappa shape index (κ1) is 18.3. The van der Waals surface area contributed by atoms with Gasteiger partial charge in [0.05, 0.1) is 6.42 Å². The lowest BCUT2D eigenvalue weighted by Gasteiger charge is -2.13. The maximum absolute atomic E-state index is 11.1. The van der Waals surface area contributed by atoms with Gasteiger partial charge >= 0.3 is 5.97 Å². The normalized spacial score (nSPS) is 18.0. The number of carboxylic acid groups (broad SMARTS) is 1. The van der Waals surface area contributed by atoms with Gasteiger partial charge in [0.2, 0.25) is 0 Å². The lowest BCUT2D eigenvalue weighted by molar-refractivity contribution is -0.136. The lowest BCUT2D eigenvalue weighted by atomic mass is 9.97. The van der Waals surface area contributed by atoms with Gasteiger partial charge in [-0.05, 0) is 60.5 Å². The van der Waals surface area contributed by atoms with Crippen molar-refractivity contribution in [2.75, 3.05) is 6.54 Å². The molecule has 1 aromatic carbocycles. The summed E-state index contributed by atoms with van der Waals surface area (Å²) in [6.07, 6.45) is 8.53. The molecule has 2 heterocycles. The quantitative estimate of drug-likeness (QED) is 0.715. The van der Waals surface area contributed by atoms with E-state index in [9.17, 15) is 4.79 Å². The van der Waals surface area contributed by atoms with Gasteiger partial charge in [0.15, 0.2) is 0 Å². The van der Waals surface area contributed by atoms with Gasteiger partial charge in [-0.1, -0.05) is 25.0 Å². The third-order valence-corrected chi connectivity index (χ3v) is 6.34. The molecule has 0 amide bonds. The Labute approximate surface area is 163 Å². The van der Waals surface area contributed by atoms with Gasteiger partial charge in [0, 0.05) is 22.0 Å². The van der Waals surface area contributed by atoms with Crippen LogP contribution in [0, 0.1) is 0 Å². The van der Waals surface area contributed by atoms with E-state index >= 15 is 0 Å². The van der Waals surface area contributed by atoms with Crippen LogP contribution in [0.2, 0.25) is 0 Å². The van der Waals surface area contributed by atoms with Gasteiger partial charge in [0.25, 0.3) is 0 Å². The highest BCUT2D eigenvalue weighted by Crippen LogP contribution is 2.40. The third-order valence-electron chi connectivity index (χ3n) is 5.35. The number of aliphatic carboxylic acids is 1. The van der Waals surface area contributed by atoms with Crippen molar-refractivity contribution >= 4 is 22.9 Å². The summed E-state index contributed by atoms with van der Waals surface area (Å²) in [5.41, 5.74) is 4.19. The fourth-order valence-corrected chi connectivity index (χ4v) is 4.97. The fourth-order valence-electron chi connectivity index (χ4n) is 4.00. The molecule has 4 rings (SSSR count). The Balaban J connectivity index is 1.60. The summed E-state index contributed by atoms with van der Waals surface area (Å²) in [5, 5.41) is 14.9. The SMILES string of the molecule is O=C(O)Cc1ccc2c(c1)C(=CCCNC1CCCC1)c1sccc1CO2. The summed E-state index contributed by atoms with van der Waals surface area (Å²) < 4.78 is 6.01. The van der Waals surface area contributed by atoms with E-state index in [-0.39, 0.29) is 6.42 Å². The standard InChI is InChI=1S/C22H25NO3S/c24-21(25)13-15-7-8-20-19(12-15)18(22-16(14-26-20)9-11-27-22)6-3-10-23-17-4-1-2-5-17/h6-9,11-12,17,23H,1-5,10,13-14H2,(H,24,25). The molecule has 0 radical (unpaired) electrons. The summed E-state index contributed by atoms with van der Waals surface area (Å²) in [7, 11) is 0. The predicted octanol–water partition coefficient (Wildman–Crippen LogP) is 4.62. The van der Waals surface area contributed by atoms with Crippen molar-refractivity contribution in [2.45, 2.75) is 51.2 Å². The second-order valence-corrected chi connectivity index (χ2v) is 8.22. The van der Waals surface area contributed by atoms with E-state index in [0.29, 0.717) is 12.6 Å². The van der Waals surface area contributed by atoms with Crippen molar-refractivity contribution in [3.05, 3.63) is 57.3 Å². The van der Waals surface area contributed by atoms with E-state index in [4.69, 9.17) is 9.84 Å². The molecule has 0 bridgehead atoms. The van der Waals surface area contributed by atoms with Crippen LogP contribution in [-0.4, -0.2) is 23.7 Å². The Bertz CT molecular complexity index is 849. The van der Waals surface area contributed by atoms with Crippen molar-refractivity contribution in [3.8, 4) is 5.75 Å². The molecular formula is C22H25NO3S. The Kier molecular flexibility index (Phi) is 5.60. The Morgan fingerprint density at radius 2 is 2.15 bits per heavy atom. The summed E-state index contributed by atoms with van der Waals surface area (Å²) in [4.78, 5) is 12.4. The molecular weight excluding hydrogens is 358 g/mol. The smallest absolute Gasteiger partial charge is 0.307 e. The summed E-state index contributed by atoms with van der Waals surface area (Å²) in [6, 6.07) is 8.54. The van der Waals surface area contributed by atoms with Crippen LogP contribution in [0.5, 0.6) is 5.75 Å². The zero-order valence-electron chi connectivity index (χ0n) is 15.4. The Hall–Kier alpha value is -2.11. The number of hydrogen-bond donors (Lipinski definition) is 2. The molecule has 0 saturated heterocycles. The average molecular weight is 384 g/mol. The molecule has 2 aromatic rings.